The quantitative estimate of drug-likeness (QED) is 0.493. The Bertz CT molecular complexity index is 816. The number of likely N-dealkylation sites (tertiary alicyclic amines) is 1. The largest absolute Gasteiger partial charge is 0.357 e. The fourth-order valence-electron chi connectivity index (χ4n) is 3.85. The first kappa shape index (κ1) is 22.0. The van der Waals surface area contributed by atoms with Crippen LogP contribution in [0.25, 0.3) is 0 Å². The molecule has 8 heteroatoms. The van der Waals surface area contributed by atoms with E-state index in [2.05, 4.69) is 15.5 Å². The van der Waals surface area contributed by atoms with E-state index in [4.69, 9.17) is 4.99 Å². The first-order valence-corrected chi connectivity index (χ1v) is 12.6. The molecule has 0 atom stereocenters. The molecule has 0 radical (unpaired) electrons. The van der Waals surface area contributed by atoms with E-state index in [-0.39, 0.29) is 17.0 Å². The molecular formula is C21H33FN4O2S. The molecule has 1 aliphatic carbocycles. The molecule has 6 nitrogen and oxygen atoms in total. The number of benzene rings is 1. The molecule has 0 spiro atoms. The van der Waals surface area contributed by atoms with Crippen LogP contribution < -0.4 is 10.6 Å². The zero-order chi connectivity index (χ0) is 20.9. The number of hydrogen-bond acceptors (Lipinski definition) is 4. The fraction of sp³-hybridized carbons (Fsp3) is 0.667. The van der Waals surface area contributed by atoms with Crippen LogP contribution in [0.1, 0.15) is 38.2 Å². The van der Waals surface area contributed by atoms with Gasteiger partial charge in [-0.2, -0.15) is 0 Å². The average Bonchev–Trinajstić information content (AvgIpc) is 3.46. The SMILES string of the molecule is CCNC(=NCC1(c2cccc(F)c2)CC1)NC1CCN(CCS(C)(=O)=O)CC1. The van der Waals surface area contributed by atoms with Gasteiger partial charge >= 0.3 is 0 Å². The Labute approximate surface area is 173 Å². The summed E-state index contributed by atoms with van der Waals surface area (Å²) in [6, 6.07) is 7.21. The number of rotatable bonds is 8. The Hall–Kier alpha value is -1.67. The summed E-state index contributed by atoms with van der Waals surface area (Å²) < 4.78 is 36.3. The second kappa shape index (κ2) is 9.43. The van der Waals surface area contributed by atoms with Gasteiger partial charge in [-0.1, -0.05) is 12.1 Å². The normalized spacial score (nSPS) is 20.4. The minimum atomic E-state index is -2.91. The molecule has 1 saturated heterocycles. The molecule has 1 aromatic rings. The molecule has 2 N–H and O–H groups in total. The van der Waals surface area contributed by atoms with Crippen molar-refractivity contribution in [3.05, 3.63) is 35.6 Å². The van der Waals surface area contributed by atoms with Crippen LogP contribution in [0.5, 0.6) is 0 Å². The molecule has 2 aliphatic rings. The summed E-state index contributed by atoms with van der Waals surface area (Å²) in [6.07, 6.45) is 5.29. The molecule has 2 fully saturated rings. The van der Waals surface area contributed by atoms with Gasteiger partial charge in [-0.25, -0.2) is 12.8 Å². The van der Waals surface area contributed by atoms with Gasteiger partial charge in [0.1, 0.15) is 15.7 Å². The molecule has 0 unspecified atom stereocenters. The van der Waals surface area contributed by atoms with Crippen LogP contribution in [0.15, 0.2) is 29.3 Å². The van der Waals surface area contributed by atoms with Crippen molar-refractivity contribution < 1.29 is 12.8 Å². The molecule has 162 valence electrons. The number of halogens is 1. The minimum Gasteiger partial charge on any atom is -0.357 e. The number of guanidine groups is 1. The first-order chi connectivity index (χ1) is 13.8. The highest BCUT2D eigenvalue weighted by Gasteiger charge is 2.44. The smallest absolute Gasteiger partial charge is 0.191 e. The predicted octanol–water partition coefficient (Wildman–Crippen LogP) is 1.92. The number of aliphatic imine (C=N–C) groups is 1. The van der Waals surface area contributed by atoms with Gasteiger partial charge in [0.25, 0.3) is 0 Å². The second-order valence-corrected chi connectivity index (χ2v) is 10.6. The summed E-state index contributed by atoms with van der Waals surface area (Å²) in [7, 11) is -2.91. The summed E-state index contributed by atoms with van der Waals surface area (Å²) in [4.78, 5) is 7.03. The molecule has 1 aliphatic heterocycles. The molecule has 29 heavy (non-hydrogen) atoms. The van der Waals surface area contributed by atoms with E-state index in [0.29, 0.717) is 19.1 Å². The maximum Gasteiger partial charge on any atom is 0.191 e. The van der Waals surface area contributed by atoms with Gasteiger partial charge in [-0.15, -0.1) is 0 Å². The summed E-state index contributed by atoms with van der Waals surface area (Å²) in [6.45, 7) is 5.87. The van der Waals surface area contributed by atoms with Crippen LogP contribution in [0, 0.1) is 5.82 Å². The Morgan fingerprint density at radius 2 is 2.03 bits per heavy atom. The van der Waals surface area contributed by atoms with Gasteiger partial charge in [-0.05, 0) is 50.3 Å². The van der Waals surface area contributed by atoms with Crippen LogP contribution in [0.3, 0.4) is 0 Å². The van der Waals surface area contributed by atoms with Gasteiger partial charge in [0.2, 0.25) is 0 Å². The molecule has 1 saturated carbocycles. The van der Waals surface area contributed by atoms with Crippen LogP contribution in [0.2, 0.25) is 0 Å². The number of sulfone groups is 1. The monoisotopic (exact) mass is 424 g/mol. The van der Waals surface area contributed by atoms with Gasteiger partial charge in [0, 0.05) is 43.9 Å². The van der Waals surface area contributed by atoms with Crippen molar-refractivity contribution in [2.24, 2.45) is 4.99 Å². The van der Waals surface area contributed by atoms with Crippen LogP contribution in [-0.2, 0) is 15.3 Å². The Kier molecular flexibility index (Phi) is 7.16. The number of nitrogens with zero attached hydrogens (tertiary/aromatic N) is 2. The molecule has 0 aromatic heterocycles. The number of hydrogen-bond donors (Lipinski definition) is 2. The van der Waals surface area contributed by atoms with Crippen molar-refractivity contribution >= 4 is 15.8 Å². The molecule has 3 rings (SSSR count). The van der Waals surface area contributed by atoms with Gasteiger partial charge < -0.3 is 15.5 Å². The zero-order valence-electron chi connectivity index (χ0n) is 17.5. The van der Waals surface area contributed by atoms with Crippen LogP contribution in [-0.4, -0.2) is 70.1 Å². The maximum absolute atomic E-state index is 13.6. The Morgan fingerprint density at radius 3 is 2.62 bits per heavy atom. The minimum absolute atomic E-state index is 0.0283. The van der Waals surface area contributed by atoms with Gasteiger partial charge in [-0.3, -0.25) is 4.99 Å². The number of nitrogens with one attached hydrogen (secondary N) is 2. The molecule has 0 amide bonds. The third kappa shape index (κ3) is 6.67. The average molecular weight is 425 g/mol. The molecule has 1 aromatic carbocycles. The zero-order valence-corrected chi connectivity index (χ0v) is 18.3. The van der Waals surface area contributed by atoms with E-state index in [9.17, 15) is 12.8 Å². The summed E-state index contributed by atoms with van der Waals surface area (Å²) in [5.74, 6) is 0.840. The maximum atomic E-state index is 13.6. The predicted molar refractivity (Wildman–Crippen MR) is 116 cm³/mol. The third-order valence-electron chi connectivity index (χ3n) is 5.88. The molecule has 1 heterocycles. The van der Waals surface area contributed by atoms with E-state index < -0.39 is 9.84 Å². The van der Waals surface area contributed by atoms with E-state index in [1.54, 1.807) is 12.1 Å². The van der Waals surface area contributed by atoms with E-state index in [1.807, 2.05) is 13.0 Å². The highest BCUT2D eigenvalue weighted by atomic mass is 32.2. The lowest BCUT2D eigenvalue weighted by atomic mass is 9.96. The fourth-order valence-corrected chi connectivity index (χ4v) is 4.44. The summed E-state index contributed by atoms with van der Waals surface area (Å²) in [5.41, 5.74) is 1.01. The summed E-state index contributed by atoms with van der Waals surface area (Å²) in [5, 5.41) is 6.85. The van der Waals surface area contributed by atoms with Crippen LogP contribution >= 0.6 is 0 Å². The second-order valence-electron chi connectivity index (χ2n) is 8.38. The van der Waals surface area contributed by atoms with Crippen molar-refractivity contribution in [2.45, 2.75) is 44.1 Å². The lowest BCUT2D eigenvalue weighted by Crippen LogP contribution is -2.49. The molecular weight excluding hydrogens is 391 g/mol. The van der Waals surface area contributed by atoms with E-state index >= 15 is 0 Å². The van der Waals surface area contributed by atoms with Crippen molar-refractivity contribution in [3.8, 4) is 0 Å². The Morgan fingerprint density at radius 1 is 1.31 bits per heavy atom. The van der Waals surface area contributed by atoms with Crippen molar-refractivity contribution in [1.29, 1.82) is 0 Å². The first-order valence-electron chi connectivity index (χ1n) is 10.5. The van der Waals surface area contributed by atoms with Gasteiger partial charge in [0.05, 0.1) is 12.3 Å². The summed E-state index contributed by atoms with van der Waals surface area (Å²) >= 11 is 0. The van der Waals surface area contributed by atoms with E-state index in [0.717, 1.165) is 56.8 Å². The van der Waals surface area contributed by atoms with Crippen molar-refractivity contribution in [1.82, 2.24) is 15.5 Å². The lowest BCUT2D eigenvalue weighted by molar-refractivity contribution is 0.216. The molecule has 0 bridgehead atoms. The van der Waals surface area contributed by atoms with Crippen molar-refractivity contribution in [2.75, 3.05) is 44.7 Å². The third-order valence-corrected chi connectivity index (χ3v) is 6.81. The highest BCUT2D eigenvalue weighted by molar-refractivity contribution is 7.90. The van der Waals surface area contributed by atoms with Gasteiger partial charge in [0.15, 0.2) is 5.96 Å². The topological polar surface area (TPSA) is 73.8 Å². The van der Waals surface area contributed by atoms with Crippen LogP contribution in [0.4, 0.5) is 4.39 Å². The van der Waals surface area contributed by atoms with E-state index in [1.165, 1.54) is 12.3 Å². The number of piperidine rings is 1. The van der Waals surface area contributed by atoms with Crippen molar-refractivity contribution in [3.63, 3.8) is 0 Å². The highest BCUT2D eigenvalue weighted by Crippen LogP contribution is 2.48. The standard InChI is InChI=1S/C21H33FN4O2S/c1-3-23-20(24-16-21(9-10-21)17-5-4-6-18(22)15-17)25-19-7-11-26(12-8-19)13-14-29(2,27)28/h4-6,15,19H,3,7-14,16H2,1-2H3,(H2,23,24,25). The lowest BCUT2D eigenvalue weighted by Gasteiger charge is -2.33. The Balaban J connectivity index is 1.53.